The highest BCUT2D eigenvalue weighted by atomic mass is 79.9. The minimum atomic E-state index is 0.0816. The molecule has 0 saturated heterocycles. The molecular weight excluding hydrogens is 316 g/mol. The van der Waals surface area contributed by atoms with Gasteiger partial charge in [-0.15, -0.1) is 22.7 Å². The van der Waals surface area contributed by atoms with E-state index in [1.165, 1.54) is 11.3 Å². The SMILES string of the molecule is O=C(Cc1sccc1Br)c1sccc1Cl. The van der Waals surface area contributed by atoms with Crippen LogP contribution < -0.4 is 0 Å². The van der Waals surface area contributed by atoms with Gasteiger partial charge in [0.2, 0.25) is 0 Å². The van der Waals surface area contributed by atoms with Crippen molar-refractivity contribution in [3.63, 3.8) is 0 Å². The molecule has 0 aliphatic carbocycles. The van der Waals surface area contributed by atoms with Gasteiger partial charge in [0.15, 0.2) is 5.78 Å². The zero-order valence-corrected chi connectivity index (χ0v) is 11.5. The molecule has 0 aliphatic heterocycles. The Morgan fingerprint density at radius 2 is 2.07 bits per heavy atom. The van der Waals surface area contributed by atoms with E-state index >= 15 is 0 Å². The van der Waals surface area contributed by atoms with Crippen LogP contribution in [0, 0.1) is 0 Å². The van der Waals surface area contributed by atoms with Gasteiger partial charge in [-0.2, -0.15) is 0 Å². The molecule has 0 atom stereocenters. The molecule has 0 N–H and O–H groups in total. The smallest absolute Gasteiger partial charge is 0.179 e. The summed E-state index contributed by atoms with van der Waals surface area (Å²) in [5.41, 5.74) is 0. The molecule has 2 heterocycles. The van der Waals surface area contributed by atoms with E-state index in [1.807, 2.05) is 16.8 Å². The number of thiophene rings is 2. The van der Waals surface area contributed by atoms with E-state index in [4.69, 9.17) is 11.6 Å². The van der Waals surface area contributed by atoms with E-state index in [0.717, 1.165) is 9.35 Å². The molecule has 15 heavy (non-hydrogen) atoms. The van der Waals surface area contributed by atoms with Crippen LogP contribution in [0.2, 0.25) is 5.02 Å². The van der Waals surface area contributed by atoms with Crippen molar-refractivity contribution in [2.24, 2.45) is 0 Å². The molecule has 0 radical (unpaired) electrons. The number of halogens is 2. The Bertz CT molecular complexity index is 489. The Morgan fingerprint density at radius 3 is 2.60 bits per heavy atom. The summed E-state index contributed by atoms with van der Waals surface area (Å²) in [6, 6.07) is 3.70. The number of hydrogen-bond acceptors (Lipinski definition) is 3. The fraction of sp³-hybridized carbons (Fsp3) is 0.100. The molecule has 1 nitrogen and oxygen atoms in total. The normalized spacial score (nSPS) is 10.5. The van der Waals surface area contributed by atoms with Gasteiger partial charge in [-0.3, -0.25) is 4.79 Å². The maximum Gasteiger partial charge on any atom is 0.179 e. The van der Waals surface area contributed by atoms with Gasteiger partial charge >= 0.3 is 0 Å². The zero-order valence-electron chi connectivity index (χ0n) is 7.50. The number of carbonyl (C=O) groups excluding carboxylic acids is 1. The zero-order chi connectivity index (χ0) is 10.8. The Balaban J connectivity index is 2.18. The van der Waals surface area contributed by atoms with E-state index in [-0.39, 0.29) is 5.78 Å². The number of Topliss-reactive ketones (excluding diaryl/α,β-unsaturated/α-hetero) is 1. The number of carbonyl (C=O) groups is 1. The summed E-state index contributed by atoms with van der Waals surface area (Å²) in [5, 5.41) is 4.35. The highest BCUT2D eigenvalue weighted by Gasteiger charge is 2.14. The highest BCUT2D eigenvalue weighted by molar-refractivity contribution is 9.10. The van der Waals surface area contributed by atoms with Gasteiger partial charge in [-0.25, -0.2) is 0 Å². The van der Waals surface area contributed by atoms with Crippen LogP contribution in [0.1, 0.15) is 14.5 Å². The van der Waals surface area contributed by atoms with Gasteiger partial charge in [0.25, 0.3) is 0 Å². The monoisotopic (exact) mass is 320 g/mol. The van der Waals surface area contributed by atoms with Crippen LogP contribution in [0.5, 0.6) is 0 Å². The highest BCUT2D eigenvalue weighted by Crippen LogP contribution is 2.27. The molecule has 0 saturated carbocycles. The second-order valence-corrected chi connectivity index (χ2v) is 6.07. The minimum Gasteiger partial charge on any atom is -0.293 e. The molecule has 78 valence electrons. The first kappa shape index (κ1) is 11.3. The molecule has 0 bridgehead atoms. The molecule has 0 aliphatic rings. The standard InChI is InChI=1S/C10H6BrClOS2/c11-6-1-3-14-9(6)5-8(13)10-7(12)2-4-15-10/h1-4H,5H2. The maximum absolute atomic E-state index is 11.9. The van der Waals surface area contributed by atoms with E-state index in [0.29, 0.717) is 16.3 Å². The molecule has 2 aromatic rings. The lowest BCUT2D eigenvalue weighted by molar-refractivity contribution is 0.0997. The lowest BCUT2D eigenvalue weighted by Crippen LogP contribution is -2.00. The molecule has 0 fully saturated rings. The fourth-order valence-corrected chi connectivity index (χ4v) is 3.76. The van der Waals surface area contributed by atoms with E-state index in [2.05, 4.69) is 15.9 Å². The summed E-state index contributed by atoms with van der Waals surface area (Å²) < 4.78 is 0.994. The summed E-state index contributed by atoms with van der Waals surface area (Å²) in [4.78, 5) is 13.6. The topological polar surface area (TPSA) is 17.1 Å². The summed E-state index contributed by atoms with van der Waals surface area (Å²) in [7, 11) is 0. The third-order valence-electron chi connectivity index (χ3n) is 1.88. The molecule has 2 aromatic heterocycles. The van der Waals surface area contributed by atoms with Crippen molar-refractivity contribution in [3.05, 3.63) is 42.1 Å². The van der Waals surface area contributed by atoms with Crippen molar-refractivity contribution >= 4 is 56.0 Å². The van der Waals surface area contributed by atoms with Gasteiger partial charge < -0.3 is 0 Å². The van der Waals surface area contributed by atoms with Gasteiger partial charge in [0, 0.05) is 15.8 Å². The van der Waals surface area contributed by atoms with Gasteiger partial charge in [0.1, 0.15) is 0 Å². The Hall–Kier alpha value is -0.160. The van der Waals surface area contributed by atoms with E-state index < -0.39 is 0 Å². The molecule has 2 rings (SSSR count). The van der Waals surface area contributed by atoms with Crippen LogP contribution in [0.15, 0.2) is 27.4 Å². The molecule has 0 unspecified atom stereocenters. The fourth-order valence-electron chi connectivity index (χ4n) is 1.17. The quantitative estimate of drug-likeness (QED) is 0.752. The van der Waals surface area contributed by atoms with Crippen LogP contribution in [0.3, 0.4) is 0 Å². The van der Waals surface area contributed by atoms with E-state index in [9.17, 15) is 4.79 Å². The third kappa shape index (κ3) is 2.50. The Morgan fingerprint density at radius 1 is 1.33 bits per heavy atom. The molecule has 0 spiro atoms. The van der Waals surface area contributed by atoms with E-state index in [1.54, 1.807) is 17.4 Å². The minimum absolute atomic E-state index is 0.0816. The van der Waals surface area contributed by atoms with Crippen molar-refractivity contribution in [2.75, 3.05) is 0 Å². The van der Waals surface area contributed by atoms with Crippen molar-refractivity contribution in [2.45, 2.75) is 6.42 Å². The number of rotatable bonds is 3. The van der Waals surface area contributed by atoms with Crippen molar-refractivity contribution in [1.82, 2.24) is 0 Å². The first-order valence-corrected chi connectivity index (χ1v) is 7.09. The third-order valence-corrected chi connectivity index (χ3v) is 5.19. The van der Waals surface area contributed by atoms with Crippen LogP contribution in [0.25, 0.3) is 0 Å². The van der Waals surface area contributed by atoms with Crippen LogP contribution in [0.4, 0.5) is 0 Å². The van der Waals surface area contributed by atoms with Crippen LogP contribution in [-0.2, 0) is 6.42 Å². The average molecular weight is 322 g/mol. The number of ketones is 1. The summed E-state index contributed by atoms with van der Waals surface area (Å²) in [6.45, 7) is 0. The molecule has 0 amide bonds. The van der Waals surface area contributed by atoms with Gasteiger partial charge in [-0.1, -0.05) is 11.6 Å². The van der Waals surface area contributed by atoms with Crippen LogP contribution >= 0.6 is 50.2 Å². The Labute approximate surface area is 109 Å². The Kier molecular flexibility index (Phi) is 3.61. The molecular formula is C10H6BrClOS2. The van der Waals surface area contributed by atoms with Crippen molar-refractivity contribution in [3.8, 4) is 0 Å². The largest absolute Gasteiger partial charge is 0.293 e. The van der Waals surface area contributed by atoms with Gasteiger partial charge in [0.05, 0.1) is 9.90 Å². The van der Waals surface area contributed by atoms with Crippen LogP contribution in [-0.4, -0.2) is 5.78 Å². The van der Waals surface area contributed by atoms with Crippen molar-refractivity contribution < 1.29 is 4.79 Å². The second kappa shape index (κ2) is 4.78. The number of hydrogen-bond donors (Lipinski definition) is 0. The summed E-state index contributed by atoms with van der Waals surface area (Å²) >= 11 is 12.3. The first-order valence-electron chi connectivity index (χ1n) is 4.16. The summed E-state index contributed by atoms with van der Waals surface area (Å²) in [5.74, 6) is 0.0816. The lowest BCUT2D eigenvalue weighted by atomic mass is 10.2. The predicted octanol–water partition coefficient (Wildman–Crippen LogP) is 4.65. The van der Waals surface area contributed by atoms with Gasteiger partial charge in [-0.05, 0) is 38.8 Å². The maximum atomic E-state index is 11.9. The predicted molar refractivity (Wildman–Crippen MR) is 69.4 cm³/mol. The molecule has 0 aromatic carbocycles. The average Bonchev–Trinajstić information content (AvgIpc) is 2.76. The van der Waals surface area contributed by atoms with Crippen molar-refractivity contribution in [1.29, 1.82) is 0 Å². The first-order chi connectivity index (χ1) is 7.18. The second-order valence-electron chi connectivity index (χ2n) is 2.89. The molecule has 5 heteroatoms. The lowest BCUT2D eigenvalue weighted by Gasteiger charge is -1.97. The summed E-state index contributed by atoms with van der Waals surface area (Å²) in [6.07, 6.45) is 0.415.